The third-order valence-electron chi connectivity index (χ3n) is 7.95. The Morgan fingerprint density at radius 3 is 3.05 bits per heavy atom. The molecular weight excluding hydrogens is 466 g/mol. The topological polar surface area (TPSA) is 104 Å². The van der Waals surface area contributed by atoms with Crippen molar-refractivity contribution in [2.75, 3.05) is 29.9 Å². The number of aryl methyl sites for hydroxylation is 1. The summed E-state index contributed by atoms with van der Waals surface area (Å²) in [6, 6.07) is 9.80. The number of anilines is 3. The number of carbonyl (C=O) groups is 1. The van der Waals surface area contributed by atoms with E-state index in [9.17, 15) is 4.79 Å². The summed E-state index contributed by atoms with van der Waals surface area (Å²) in [7, 11) is 1.96. The first kappa shape index (κ1) is 21.8. The number of nitrogens with one attached hydrogen (secondary N) is 3. The fourth-order valence-electron chi connectivity index (χ4n) is 6.12. The Bertz CT molecular complexity index is 1620. The molecule has 7 heterocycles. The molecule has 4 aromatic rings. The minimum absolute atomic E-state index is 0.129. The van der Waals surface area contributed by atoms with Crippen molar-refractivity contribution in [3.63, 3.8) is 0 Å². The summed E-state index contributed by atoms with van der Waals surface area (Å²) < 4.78 is 1.98. The molecule has 2 atom stereocenters. The summed E-state index contributed by atoms with van der Waals surface area (Å²) in [6.07, 6.45) is 6.48. The number of rotatable bonds is 4. The summed E-state index contributed by atoms with van der Waals surface area (Å²) in [6.45, 7) is 8.78. The average Bonchev–Trinajstić information content (AvgIpc) is 3.68. The Kier molecular flexibility index (Phi) is 4.71. The van der Waals surface area contributed by atoms with E-state index >= 15 is 0 Å². The Morgan fingerprint density at radius 2 is 2.16 bits per heavy atom. The summed E-state index contributed by atoms with van der Waals surface area (Å²) >= 11 is 0. The van der Waals surface area contributed by atoms with Crippen molar-refractivity contribution in [1.29, 1.82) is 0 Å². The number of pyridine rings is 3. The number of hydrogen-bond donors (Lipinski definition) is 3. The largest absolute Gasteiger partial charge is 0.373 e. The van der Waals surface area contributed by atoms with Crippen LogP contribution in [-0.4, -0.2) is 50.7 Å². The highest BCUT2D eigenvalue weighted by atomic mass is 16.1. The van der Waals surface area contributed by atoms with E-state index in [1.807, 2.05) is 48.1 Å². The van der Waals surface area contributed by atoms with E-state index in [1.54, 1.807) is 12.4 Å². The second-order valence-corrected chi connectivity index (χ2v) is 9.86. The predicted molar refractivity (Wildman–Crippen MR) is 142 cm³/mol. The van der Waals surface area contributed by atoms with Gasteiger partial charge in [0.2, 0.25) is 0 Å². The molecular formula is C27H26N9O+. The Hall–Kier alpha value is -4.49. The van der Waals surface area contributed by atoms with Gasteiger partial charge in [0.1, 0.15) is 23.8 Å². The standard InChI is InChI=1S/C27H25N9O/c1-28-27-15-29-12-16(27)7-11-36(27)22-5-3-4-21(34-22)33-20-14-31-24(19-13-32-26(37)23(19)20)17-6-9-30-25-18(17)8-10-35(25)2/h1,3-6,8-10,14,16,29H,7,11-13,15H2,2H3,(H-,30,32,33,34,37)/p+1/t16-,27+/m1/s1. The molecule has 0 radical (unpaired) electrons. The number of nitrogens with zero attached hydrogens (tertiary/aromatic N) is 6. The number of carbonyl (C=O) groups excluding carboxylic acids is 1. The molecule has 2 fully saturated rings. The first-order valence-electron chi connectivity index (χ1n) is 12.4. The fraction of sp³-hybridized carbons (Fsp3) is 0.296. The van der Waals surface area contributed by atoms with Crippen LogP contribution >= 0.6 is 0 Å². The number of hydrogen-bond acceptors (Lipinski definition) is 7. The van der Waals surface area contributed by atoms with Gasteiger partial charge in [0.15, 0.2) is 0 Å². The van der Waals surface area contributed by atoms with E-state index in [4.69, 9.17) is 16.5 Å². The van der Waals surface area contributed by atoms with Gasteiger partial charge < -0.3 is 20.5 Å². The Morgan fingerprint density at radius 1 is 1.24 bits per heavy atom. The molecule has 0 unspecified atom stereocenters. The zero-order valence-corrected chi connectivity index (χ0v) is 20.4. The van der Waals surface area contributed by atoms with Crippen molar-refractivity contribution < 1.29 is 4.79 Å². The number of amides is 1. The Labute approximate surface area is 213 Å². The van der Waals surface area contributed by atoms with Crippen LogP contribution in [0, 0.1) is 12.5 Å². The molecule has 3 aliphatic heterocycles. The van der Waals surface area contributed by atoms with Crippen molar-refractivity contribution in [2.45, 2.75) is 18.6 Å². The minimum atomic E-state index is -0.469. The molecule has 0 aliphatic carbocycles. The van der Waals surface area contributed by atoms with Crippen LogP contribution in [0.3, 0.4) is 0 Å². The van der Waals surface area contributed by atoms with E-state index in [2.05, 4.69) is 30.7 Å². The highest BCUT2D eigenvalue weighted by Gasteiger charge is 2.61. The van der Waals surface area contributed by atoms with Gasteiger partial charge in [0.25, 0.3) is 12.5 Å². The molecule has 7 rings (SSSR count). The molecule has 0 spiro atoms. The normalized spacial score (nSPS) is 22.1. The maximum atomic E-state index is 13.0. The second kappa shape index (κ2) is 8.01. The van der Waals surface area contributed by atoms with Crippen molar-refractivity contribution in [2.24, 2.45) is 13.0 Å². The van der Waals surface area contributed by atoms with Gasteiger partial charge in [-0.2, -0.15) is 0 Å². The highest BCUT2D eigenvalue weighted by Crippen LogP contribution is 2.42. The van der Waals surface area contributed by atoms with Crippen LogP contribution in [0.1, 0.15) is 22.3 Å². The molecule has 184 valence electrons. The summed E-state index contributed by atoms with van der Waals surface area (Å²) in [5.74, 6) is 1.67. The van der Waals surface area contributed by atoms with Crippen molar-refractivity contribution in [1.82, 2.24) is 30.2 Å². The lowest BCUT2D eigenvalue weighted by Gasteiger charge is -2.25. The first-order chi connectivity index (χ1) is 18.1. The van der Waals surface area contributed by atoms with E-state index in [-0.39, 0.29) is 5.91 Å². The number of aromatic nitrogens is 4. The van der Waals surface area contributed by atoms with Crippen molar-refractivity contribution in [3.05, 3.63) is 64.9 Å². The van der Waals surface area contributed by atoms with Crippen LogP contribution in [0.25, 0.3) is 27.1 Å². The van der Waals surface area contributed by atoms with Crippen LogP contribution in [0.15, 0.2) is 48.9 Å². The van der Waals surface area contributed by atoms with Crippen LogP contribution < -0.4 is 20.9 Å². The van der Waals surface area contributed by atoms with E-state index in [0.29, 0.717) is 36.1 Å². The van der Waals surface area contributed by atoms with Gasteiger partial charge in [-0.25, -0.2) is 9.97 Å². The summed E-state index contributed by atoms with van der Waals surface area (Å²) in [5.41, 5.74) is 4.21. The number of fused-ring (bicyclic) bond motifs is 3. The lowest BCUT2D eigenvalue weighted by atomic mass is 9.98. The maximum absolute atomic E-state index is 13.0. The van der Waals surface area contributed by atoms with Gasteiger partial charge in [-0.3, -0.25) is 14.7 Å². The predicted octanol–water partition coefficient (Wildman–Crippen LogP) is 3.11. The van der Waals surface area contributed by atoms with Crippen LogP contribution in [0.2, 0.25) is 0 Å². The molecule has 2 saturated heterocycles. The van der Waals surface area contributed by atoms with Crippen molar-refractivity contribution >= 4 is 34.3 Å². The van der Waals surface area contributed by atoms with Crippen LogP contribution in [0.5, 0.6) is 0 Å². The van der Waals surface area contributed by atoms with Gasteiger partial charge in [-0.15, -0.1) is 0 Å². The molecule has 37 heavy (non-hydrogen) atoms. The molecule has 10 heteroatoms. The summed E-state index contributed by atoms with van der Waals surface area (Å²) in [5, 5.41) is 10.7. The first-order valence-corrected chi connectivity index (χ1v) is 12.4. The third-order valence-corrected chi connectivity index (χ3v) is 7.95. The summed E-state index contributed by atoms with van der Waals surface area (Å²) in [4.78, 5) is 33.6. The monoisotopic (exact) mass is 492 g/mol. The molecule has 3 aliphatic rings. The van der Waals surface area contributed by atoms with Crippen LogP contribution in [-0.2, 0) is 13.6 Å². The lowest BCUT2D eigenvalue weighted by molar-refractivity contribution is 0.0966. The highest BCUT2D eigenvalue weighted by molar-refractivity contribution is 6.06. The van der Waals surface area contributed by atoms with E-state index < -0.39 is 5.66 Å². The third kappa shape index (κ3) is 3.14. The zero-order valence-electron chi connectivity index (χ0n) is 20.4. The quantitative estimate of drug-likeness (QED) is 0.402. The Balaban J connectivity index is 1.26. The average molecular weight is 493 g/mol. The molecule has 0 saturated carbocycles. The van der Waals surface area contributed by atoms with Gasteiger partial charge in [0, 0.05) is 55.6 Å². The lowest BCUT2D eigenvalue weighted by Crippen LogP contribution is -2.47. The van der Waals surface area contributed by atoms with Gasteiger partial charge in [-0.05, 0) is 30.7 Å². The molecule has 3 N–H and O–H groups in total. The van der Waals surface area contributed by atoms with Gasteiger partial charge in [-0.1, -0.05) is 10.9 Å². The molecule has 0 aromatic carbocycles. The van der Waals surface area contributed by atoms with E-state index in [1.165, 1.54) is 0 Å². The molecule has 1 amide bonds. The smallest absolute Gasteiger partial charge is 0.348 e. The minimum Gasteiger partial charge on any atom is -0.348 e. The van der Waals surface area contributed by atoms with Crippen LogP contribution in [0.4, 0.5) is 17.3 Å². The fourth-order valence-corrected chi connectivity index (χ4v) is 6.12. The second-order valence-electron chi connectivity index (χ2n) is 9.86. The van der Waals surface area contributed by atoms with Gasteiger partial charge >= 0.3 is 5.66 Å². The van der Waals surface area contributed by atoms with E-state index in [0.717, 1.165) is 53.2 Å². The van der Waals surface area contributed by atoms with Crippen molar-refractivity contribution in [3.8, 4) is 17.8 Å². The van der Waals surface area contributed by atoms with Gasteiger partial charge in [0.05, 0.1) is 29.1 Å². The maximum Gasteiger partial charge on any atom is 0.373 e. The molecule has 4 aromatic heterocycles. The zero-order chi connectivity index (χ0) is 25.1. The molecule has 0 bridgehead atoms. The SMILES string of the molecule is C#[N+][C@]12CNC[C@H]1CCN2c1cccc(Nc2cnc(-c3ccnc4c3ccn4C)c3c2C(=O)NC3)n1. The molecule has 10 nitrogen and oxygen atoms in total.